The first-order chi connectivity index (χ1) is 6.60. The van der Waals surface area contributed by atoms with Crippen molar-refractivity contribution >= 4 is 40.6 Å². The van der Waals surface area contributed by atoms with E-state index < -0.39 is 0 Å². The maximum atomic E-state index is 11.4. The summed E-state index contributed by atoms with van der Waals surface area (Å²) in [5.41, 5.74) is 0.272. The van der Waals surface area contributed by atoms with Gasteiger partial charge >= 0.3 is 0 Å². The van der Waals surface area contributed by atoms with E-state index in [1.165, 1.54) is 19.2 Å². The third kappa shape index (κ3) is 2.32. The Bertz CT molecular complexity index is 363. The average molecular weight is 254 g/mol. The zero-order valence-electron chi connectivity index (χ0n) is 7.31. The summed E-state index contributed by atoms with van der Waals surface area (Å²) in [7, 11) is 1.44. The van der Waals surface area contributed by atoms with Crippen LogP contribution < -0.4 is 4.74 Å². The predicted molar refractivity (Wildman–Crippen MR) is 58.1 cm³/mol. The molecule has 0 heterocycles. The first-order valence-electron chi connectivity index (χ1n) is 3.72. The third-order valence-electron chi connectivity index (χ3n) is 1.64. The van der Waals surface area contributed by atoms with Gasteiger partial charge in [0.1, 0.15) is 5.75 Å². The highest BCUT2D eigenvalue weighted by Crippen LogP contribution is 2.31. The molecule has 0 radical (unpaired) electrons. The average Bonchev–Trinajstić information content (AvgIpc) is 2.15. The van der Waals surface area contributed by atoms with Crippen LogP contribution >= 0.6 is 34.8 Å². The van der Waals surface area contributed by atoms with E-state index in [9.17, 15) is 4.79 Å². The Morgan fingerprint density at radius 2 is 2.07 bits per heavy atom. The Morgan fingerprint density at radius 1 is 1.43 bits per heavy atom. The number of carbonyl (C=O) groups excluding carboxylic acids is 1. The van der Waals surface area contributed by atoms with E-state index in [4.69, 9.17) is 39.5 Å². The van der Waals surface area contributed by atoms with Crippen molar-refractivity contribution < 1.29 is 9.53 Å². The first kappa shape index (κ1) is 11.6. The smallest absolute Gasteiger partial charge is 0.182 e. The molecule has 0 bridgehead atoms. The molecule has 0 amide bonds. The fourth-order valence-corrected chi connectivity index (χ4v) is 1.76. The highest BCUT2D eigenvalue weighted by Gasteiger charge is 2.16. The summed E-state index contributed by atoms with van der Waals surface area (Å²) in [4.78, 5) is 11.4. The zero-order valence-corrected chi connectivity index (χ0v) is 9.58. The molecule has 0 aliphatic heterocycles. The lowest BCUT2D eigenvalue weighted by Crippen LogP contribution is -2.04. The van der Waals surface area contributed by atoms with E-state index in [1.807, 2.05) is 0 Å². The van der Waals surface area contributed by atoms with Gasteiger partial charge in [-0.15, -0.1) is 11.6 Å². The number of hydrogen-bond acceptors (Lipinski definition) is 2. The Balaban J connectivity index is 3.32. The highest BCUT2D eigenvalue weighted by molar-refractivity contribution is 6.39. The summed E-state index contributed by atoms with van der Waals surface area (Å²) in [6.07, 6.45) is 0. The highest BCUT2D eigenvalue weighted by atomic mass is 35.5. The van der Waals surface area contributed by atoms with Crippen LogP contribution in [0.25, 0.3) is 0 Å². The molecule has 0 atom stereocenters. The van der Waals surface area contributed by atoms with Crippen molar-refractivity contribution in [2.45, 2.75) is 0 Å². The van der Waals surface area contributed by atoms with E-state index in [1.54, 1.807) is 0 Å². The summed E-state index contributed by atoms with van der Waals surface area (Å²) in [6.45, 7) is 0. The number of alkyl halides is 1. The van der Waals surface area contributed by atoms with Gasteiger partial charge in [0.05, 0.1) is 23.6 Å². The van der Waals surface area contributed by atoms with E-state index >= 15 is 0 Å². The molecule has 0 unspecified atom stereocenters. The molecule has 0 aliphatic rings. The van der Waals surface area contributed by atoms with Gasteiger partial charge in [-0.25, -0.2) is 0 Å². The molecule has 5 heteroatoms. The number of Topliss-reactive ketones (excluding diaryl/α,β-unsaturated/α-hetero) is 1. The number of halogens is 3. The largest absolute Gasteiger partial charge is 0.496 e. The summed E-state index contributed by atoms with van der Waals surface area (Å²) in [5.74, 6) is -0.0871. The normalized spacial score (nSPS) is 10.0. The van der Waals surface area contributed by atoms with Gasteiger partial charge in [0.15, 0.2) is 5.78 Å². The molecule has 76 valence electrons. The molecule has 2 nitrogen and oxygen atoms in total. The second kappa shape index (κ2) is 4.87. The topological polar surface area (TPSA) is 26.3 Å². The molecule has 1 aromatic carbocycles. The van der Waals surface area contributed by atoms with Crippen molar-refractivity contribution in [2.24, 2.45) is 0 Å². The van der Waals surface area contributed by atoms with Crippen molar-refractivity contribution in [3.8, 4) is 5.75 Å². The van der Waals surface area contributed by atoms with Crippen molar-refractivity contribution in [3.63, 3.8) is 0 Å². The van der Waals surface area contributed by atoms with Crippen LogP contribution in [0.2, 0.25) is 10.0 Å². The van der Waals surface area contributed by atoms with Crippen molar-refractivity contribution in [1.29, 1.82) is 0 Å². The molecule has 0 spiro atoms. The molecule has 0 aromatic heterocycles. The molecule has 0 saturated carbocycles. The number of carbonyl (C=O) groups is 1. The lowest BCUT2D eigenvalue weighted by molar-refractivity contribution is 0.101. The minimum absolute atomic E-state index is 0.141. The summed E-state index contributed by atoms with van der Waals surface area (Å²) in [6, 6.07) is 3.00. The molecular formula is C9H7Cl3O2. The molecule has 0 fully saturated rings. The van der Waals surface area contributed by atoms with Gasteiger partial charge in [-0.1, -0.05) is 23.2 Å². The lowest BCUT2D eigenvalue weighted by Gasteiger charge is -2.08. The number of methoxy groups -OCH3 is 1. The minimum atomic E-state index is -0.287. The second-order valence-electron chi connectivity index (χ2n) is 2.52. The molecule has 1 aromatic rings. The van der Waals surface area contributed by atoms with E-state index in [0.717, 1.165) is 0 Å². The molecule has 1 rings (SSSR count). The predicted octanol–water partition coefficient (Wildman–Crippen LogP) is 3.42. The Hall–Kier alpha value is -0.440. The molecule has 0 N–H and O–H groups in total. The third-order valence-corrected chi connectivity index (χ3v) is 2.40. The van der Waals surface area contributed by atoms with Gasteiger partial charge in [-0.2, -0.15) is 0 Å². The first-order valence-corrected chi connectivity index (χ1v) is 5.01. The Labute approximate surface area is 96.7 Å². The van der Waals surface area contributed by atoms with Gasteiger partial charge in [0, 0.05) is 5.02 Å². The van der Waals surface area contributed by atoms with Gasteiger partial charge in [-0.3, -0.25) is 4.79 Å². The zero-order chi connectivity index (χ0) is 10.7. The van der Waals surface area contributed by atoms with Gasteiger partial charge in [-0.05, 0) is 12.1 Å². The van der Waals surface area contributed by atoms with Crippen LogP contribution in [0.3, 0.4) is 0 Å². The Kier molecular flexibility index (Phi) is 4.05. The number of ketones is 1. The van der Waals surface area contributed by atoms with E-state index in [2.05, 4.69) is 0 Å². The summed E-state index contributed by atoms with van der Waals surface area (Å²) >= 11 is 17.0. The number of hydrogen-bond donors (Lipinski definition) is 0. The maximum Gasteiger partial charge on any atom is 0.182 e. The number of ether oxygens (including phenoxy) is 1. The molecular weight excluding hydrogens is 246 g/mol. The van der Waals surface area contributed by atoms with Crippen LogP contribution in [-0.4, -0.2) is 18.8 Å². The van der Waals surface area contributed by atoms with Crippen molar-refractivity contribution in [2.75, 3.05) is 13.0 Å². The van der Waals surface area contributed by atoms with Gasteiger partial charge in [0.25, 0.3) is 0 Å². The number of benzene rings is 1. The Morgan fingerprint density at radius 3 is 2.57 bits per heavy atom. The standard InChI is InChI=1S/C9H7Cl3O2/c1-14-8-3-5(11)2-6(12)9(8)7(13)4-10/h2-3H,4H2,1H3. The van der Waals surface area contributed by atoms with E-state index in [0.29, 0.717) is 10.8 Å². The summed E-state index contributed by atoms with van der Waals surface area (Å²) in [5, 5.41) is 0.665. The minimum Gasteiger partial charge on any atom is -0.496 e. The van der Waals surface area contributed by atoms with Crippen LogP contribution in [-0.2, 0) is 0 Å². The maximum absolute atomic E-state index is 11.4. The van der Waals surface area contributed by atoms with Crippen LogP contribution in [0, 0.1) is 0 Å². The van der Waals surface area contributed by atoms with Gasteiger partial charge in [0.2, 0.25) is 0 Å². The fourth-order valence-electron chi connectivity index (χ4n) is 1.05. The van der Waals surface area contributed by atoms with Gasteiger partial charge < -0.3 is 4.74 Å². The lowest BCUT2D eigenvalue weighted by atomic mass is 10.1. The van der Waals surface area contributed by atoms with Crippen molar-refractivity contribution in [3.05, 3.63) is 27.7 Å². The monoisotopic (exact) mass is 252 g/mol. The van der Waals surface area contributed by atoms with Crippen LogP contribution in [0.5, 0.6) is 5.75 Å². The van der Waals surface area contributed by atoms with E-state index in [-0.39, 0.29) is 22.2 Å². The van der Waals surface area contributed by atoms with Crippen LogP contribution in [0.4, 0.5) is 0 Å². The second-order valence-corrected chi connectivity index (χ2v) is 3.63. The van der Waals surface area contributed by atoms with Crippen LogP contribution in [0.1, 0.15) is 10.4 Å². The molecule has 0 saturated heterocycles. The SMILES string of the molecule is COc1cc(Cl)cc(Cl)c1C(=O)CCl. The summed E-state index contributed by atoms with van der Waals surface area (Å²) < 4.78 is 4.98. The molecule has 0 aliphatic carbocycles. The number of rotatable bonds is 3. The van der Waals surface area contributed by atoms with Crippen LogP contribution in [0.15, 0.2) is 12.1 Å². The quantitative estimate of drug-likeness (QED) is 0.609. The van der Waals surface area contributed by atoms with Crippen molar-refractivity contribution in [1.82, 2.24) is 0 Å². The fraction of sp³-hybridized carbons (Fsp3) is 0.222. The molecule has 14 heavy (non-hydrogen) atoms.